The molecule has 0 aliphatic carbocycles. The first kappa shape index (κ1) is 17.1. The third-order valence-electron chi connectivity index (χ3n) is 4.83. The molecule has 1 amide bonds. The van der Waals surface area contributed by atoms with Crippen molar-refractivity contribution in [2.45, 2.75) is 13.1 Å². The van der Waals surface area contributed by atoms with Crippen LogP contribution in [0.25, 0.3) is 21.8 Å². The number of hydrogen-bond acceptors (Lipinski definition) is 4. The average Bonchev–Trinajstić information content (AvgIpc) is 3.35. The second-order valence-corrected chi connectivity index (χ2v) is 6.82. The Morgan fingerprint density at radius 2 is 1.76 bits per heavy atom. The smallest absolute Gasteiger partial charge is 0.247 e. The van der Waals surface area contributed by atoms with Crippen LogP contribution < -0.4 is 5.32 Å². The van der Waals surface area contributed by atoms with Crippen LogP contribution in [0.4, 0.5) is 5.82 Å². The van der Waals surface area contributed by atoms with E-state index in [1.807, 2.05) is 53.3 Å². The van der Waals surface area contributed by atoms with E-state index in [0.29, 0.717) is 12.4 Å². The van der Waals surface area contributed by atoms with Crippen LogP contribution in [0.15, 0.2) is 79.0 Å². The van der Waals surface area contributed by atoms with Gasteiger partial charge in [0.25, 0.3) is 0 Å². The van der Waals surface area contributed by atoms with Gasteiger partial charge in [-0.05, 0) is 28.5 Å². The van der Waals surface area contributed by atoms with Gasteiger partial charge in [0, 0.05) is 12.3 Å². The normalized spacial score (nSPS) is 11.2. The van der Waals surface area contributed by atoms with E-state index < -0.39 is 0 Å². The number of fused-ring (bicyclic) bond motifs is 2. The Morgan fingerprint density at radius 1 is 0.931 bits per heavy atom. The number of benzene rings is 3. The predicted octanol–water partition coefficient (Wildman–Crippen LogP) is 3.47. The molecule has 0 spiro atoms. The third-order valence-corrected chi connectivity index (χ3v) is 4.83. The van der Waals surface area contributed by atoms with Crippen molar-refractivity contribution < 1.29 is 4.79 Å². The van der Waals surface area contributed by atoms with Crippen LogP contribution in [0.1, 0.15) is 5.56 Å². The highest BCUT2D eigenvalue weighted by molar-refractivity contribution is 5.90. The minimum Gasteiger partial charge on any atom is -0.308 e. The molecule has 0 saturated heterocycles. The number of nitrogens with one attached hydrogen (secondary N) is 1. The summed E-state index contributed by atoms with van der Waals surface area (Å²) in [7, 11) is 0. The summed E-state index contributed by atoms with van der Waals surface area (Å²) in [5.74, 6) is 0.315. The van der Waals surface area contributed by atoms with Crippen molar-refractivity contribution in [3.05, 3.63) is 84.6 Å². The molecule has 2 aromatic heterocycles. The quantitative estimate of drug-likeness (QED) is 0.505. The van der Waals surface area contributed by atoms with Crippen LogP contribution >= 0.6 is 0 Å². The highest BCUT2D eigenvalue weighted by Crippen LogP contribution is 2.19. The summed E-state index contributed by atoms with van der Waals surface area (Å²) in [5, 5.41) is 17.8. The van der Waals surface area contributed by atoms with Gasteiger partial charge in [-0.3, -0.25) is 9.48 Å². The third kappa shape index (κ3) is 3.45. The highest BCUT2D eigenvalue weighted by atomic mass is 16.2. The van der Waals surface area contributed by atoms with E-state index in [-0.39, 0.29) is 12.5 Å². The molecule has 0 atom stereocenters. The summed E-state index contributed by atoms with van der Waals surface area (Å²) >= 11 is 0. The first-order chi connectivity index (χ1) is 14.3. The predicted molar refractivity (Wildman–Crippen MR) is 111 cm³/mol. The summed E-state index contributed by atoms with van der Waals surface area (Å²) in [6.07, 6.45) is 1.86. The molecule has 2 heterocycles. The summed E-state index contributed by atoms with van der Waals surface area (Å²) in [6, 6.07) is 23.9. The SMILES string of the molecule is O=C(Cn1nnc2ccccc21)Nc1ccn(Cc2cccc3ccccc23)n1. The maximum Gasteiger partial charge on any atom is 0.247 e. The van der Waals surface area contributed by atoms with Gasteiger partial charge in [0.15, 0.2) is 5.82 Å². The van der Waals surface area contributed by atoms with Crippen molar-refractivity contribution >= 4 is 33.5 Å². The number of amides is 1. The van der Waals surface area contributed by atoms with Crippen molar-refractivity contribution in [1.29, 1.82) is 0 Å². The molecular formula is C22H18N6O. The number of hydrogen-bond donors (Lipinski definition) is 1. The van der Waals surface area contributed by atoms with Gasteiger partial charge in [0.05, 0.1) is 12.1 Å². The van der Waals surface area contributed by atoms with Crippen molar-refractivity contribution in [1.82, 2.24) is 24.8 Å². The molecular weight excluding hydrogens is 364 g/mol. The maximum atomic E-state index is 12.4. The van der Waals surface area contributed by atoms with Crippen molar-refractivity contribution in [3.8, 4) is 0 Å². The monoisotopic (exact) mass is 382 g/mol. The fraction of sp³-hybridized carbons (Fsp3) is 0.0909. The number of anilines is 1. The fourth-order valence-corrected chi connectivity index (χ4v) is 3.47. The fourth-order valence-electron chi connectivity index (χ4n) is 3.47. The summed E-state index contributed by atoms with van der Waals surface area (Å²) in [5.41, 5.74) is 2.77. The molecule has 0 bridgehead atoms. The average molecular weight is 382 g/mol. The molecule has 0 radical (unpaired) electrons. The molecule has 7 nitrogen and oxygen atoms in total. The number of aromatic nitrogens is 5. The Hall–Kier alpha value is -4.00. The van der Waals surface area contributed by atoms with Crippen molar-refractivity contribution in [3.63, 3.8) is 0 Å². The van der Waals surface area contributed by atoms with Gasteiger partial charge in [0.1, 0.15) is 12.1 Å². The number of para-hydroxylation sites is 1. The van der Waals surface area contributed by atoms with Gasteiger partial charge in [-0.2, -0.15) is 5.10 Å². The van der Waals surface area contributed by atoms with E-state index in [9.17, 15) is 4.79 Å². The number of carbonyl (C=O) groups excluding carboxylic acids is 1. The zero-order valence-electron chi connectivity index (χ0n) is 15.6. The number of rotatable bonds is 5. The van der Waals surface area contributed by atoms with Gasteiger partial charge in [-0.25, -0.2) is 4.68 Å². The molecule has 0 fully saturated rings. The summed E-state index contributed by atoms with van der Waals surface area (Å²) in [4.78, 5) is 12.4. The maximum absolute atomic E-state index is 12.4. The zero-order valence-corrected chi connectivity index (χ0v) is 15.6. The summed E-state index contributed by atoms with van der Waals surface area (Å²) in [6.45, 7) is 0.710. The number of nitrogens with zero attached hydrogens (tertiary/aromatic N) is 5. The highest BCUT2D eigenvalue weighted by Gasteiger charge is 2.10. The molecule has 3 aromatic carbocycles. The summed E-state index contributed by atoms with van der Waals surface area (Å²) < 4.78 is 3.40. The lowest BCUT2D eigenvalue weighted by Gasteiger charge is -2.07. The number of carbonyl (C=O) groups is 1. The molecule has 0 unspecified atom stereocenters. The van der Waals surface area contributed by atoms with Crippen molar-refractivity contribution in [2.24, 2.45) is 0 Å². The van der Waals surface area contributed by atoms with E-state index in [2.05, 4.69) is 45.0 Å². The van der Waals surface area contributed by atoms with Crippen molar-refractivity contribution in [2.75, 3.05) is 5.32 Å². The topological polar surface area (TPSA) is 77.6 Å². The molecule has 0 aliphatic heterocycles. The Labute approximate surface area is 166 Å². The van der Waals surface area contributed by atoms with Crippen LogP contribution in [0, 0.1) is 0 Å². The molecule has 1 N–H and O–H groups in total. The first-order valence-electron chi connectivity index (χ1n) is 9.34. The van der Waals surface area contributed by atoms with Crippen LogP contribution in [0.5, 0.6) is 0 Å². The van der Waals surface area contributed by atoms with Crippen LogP contribution in [0.2, 0.25) is 0 Å². The van der Waals surface area contributed by atoms with E-state index >= 15 is 0 Å². The standard InChI is InChI=1S/C22H18N6O/c29-22(15-28-20-11-4-3-10-19(20)24-26-28)23-21-12-13-27(25-21)14-17-8-5-7-16-6-1-2-9-18(16)17/h1-13H,14-15H2,(H,23,25,29). The van der Waals surface area contributed by atoms with Gasteiger partial charge < -0.3 is 5.32 Å². The lowest BCUT2D eigenvalue weighted by atomic mass is 10.0. The largest absolute Gasteiger partial charge is 0.308 e. The van der Waals surface area contributed by atoms with E-state index in [1.165, 1.54) is 16.3 Å². The minimum absolute atomic E-state index is 0.0801. The Balaban J connectivity index is 1.29. The second kappa shape index (κ2) is 7.20. The Morgan fingerprint density at radius 3 is 2.72 bits per heavy atom. The Kier molecular flexibility index (Phi) is 4.25. The molecule has 29 heavy (non-hydrogen) atoms. The minimum atomic E-state index is -0.198. The van der Waals surface area contributed by atoms with Gasteiger partial charge in [-0.1, -0.05) is 59.8 Å². The molecule has 7 heteroatoms. The van der Waals surface area contributed by atoms with E-state index in [1.54, 1.807) is 10.7 Å². The second-order valence-electron chi connectivity index (χ2n) is 6.82. The molecule has 5 aromatic rings. The van der Waals surface area contributed by atoms with Gasteiger partial charge in [-0.15, -0.1) is 5.10 Å². The van der Waals surface area contributed by atoms with Gasteiger partial charge >= 0.3 is 0 Å². The van der Waals surface area contributed by atoms with E-state index in [0.717, 1.165) is 11.0 Å². The van der Waals surface area contributed by atoms with Gasteiger partial charge in [0.2, 0.25) is 5.91 Å². The zero-order chi connectivity index (χ0) is 19.6. The van der Waals surface area contributed by atoms with E-state index in [4.69, 9.17) is 0 Å². The molecule has 5 rings (SSSR count). The molecule has 0 saturated carbocycles. The lowest BCUT2D eigenvalue weighted by molar-refractivity contribution is -0.116. The van der Waals surface area contributed by atoms with Crippen LogP contribution in [-0.4, -0.2) is 30.7 Å². The Bertz CT molecular complexity index is 1310. The lowest BCUT2D eigenvalue weighted by Crippen LogP contribution is -2.20. The molecule has 142 valence electrons. The van der Waals surface area contributed by atoms with Crippen LogP contribution in [-0.2, 0) is 17.9 Å². The van der Waals surface area contributed by atoms with Crippen LogP contribution in [0.3, 0.4) is 0 Å². The first-order valence-corrected chi connectivity index (χ1v) is 9.34. The molecule has 0 aliphatic rings.